The third kappa shape index (κ3) is 6.36. The van der Waals surface area contributed by atoms with Crippen molar-refractivity contribution in [2.24, 2.45) is 5.92 Å². The maximum absolute atomic E-state index is 11.2. The number of benzene rings is 2. The van der Waals surface area contributed by atoms with Gasteiger partial charge in [-0.1, -0.05) is 79.0 Å². The van der Waals surface area contributed by atoms with Crippen LogP contribution in [-0.2, 0) is 17.8 Å². The monoisotopic (exact) mass is 496 g/mol. The Morgan fingerprint density at radius 1 is 1.13 bits per heavy atom. The molecule has 3 aromatic rings. The van der Waals surface area contributed by atoms with Gasteiger partial charge in [0.1, 0.15) is 0 Å². The molecule has 31 heavy (non-hydrogen) atoms. The molecule has 0 aliphatic rings. The highest BCUT2D eigenvalue weighted by molar-refractivity contribution is 7.16. The first-order valence-corrected chi connectivity index (χ1v) is 11.8. The zero-order valence-corrected chi connectivity index (χ0v) is 20.3. The number of hydrogen-bond donors (Lipinski definition) is 1. The summed E-state index contributed by atoms with van der Waals surface area (Å²) in [6.07, 6.45) is 0.864. The molecule has 0 unspecified atom stereocenters. The second-order valence-corrected chi connectivity index (χ2v) is 9.93. The van der Waals surface area contributed by atoms with Crippen molar-refractivity contribution in [3.63, 3.8) is 0 Å². The minimum Gasteiger partial charge on any atom is -0.481 e. The van der Waals surface area contributed by atoms with E-state index in [0.717, 1.165) is 33.3 Å². The van der Waals surface area contributed by atoms with Gasteiger partial charge >= 0.3 is 5.97 Å². The van der Waals surface area contributed by atoms with Crippen LogP contribution in [0.4, 0.5) is 5.13 Å². The number of aliphatic carboxylic acids is 1. The van der Waals surface area contributed by atoms with Crippen LogP contribution in [-0.4, -0.2) is 22.6 Å². The predicted octanol–water partition coefficient (Wildman–Crippen LogP) is 7.45. The third-order valence-corrected chi connectivity index (χ3v) is 6.95. The van der Waals surface area contributed by atoms with Crippen molar-refractivity contribution in [1.29, 1.82) is 0 Å². The summed E-state index contributed by atoms with van der Waals surface area (Å²) < 4.78 is 0. The van der Waals surface area contributed by atoms with E-state index in [2.05, 4.69) is 13.8 Å². The Labute approximate surface area is 201 Å². The van der Waals surface area contributed by atoms with E-state index in [1.54, 1.807) is 23.5 Å². The molecule has 0 bridgehead atoms. The second kappa shape index (κ2) is 10.7. The molecule has 0 fully saturated rings. The van der Waals surface area contributed by atoms with E-state index >= 15 is 0 Å². The summed E-state index contributed by atoms with van der Waals surface area (Å²) in [7, 11) is 0. The minimum atomic E-state index is -0.839. The first kappa shape index (κ1) is 23.9. The molecule has 0 saturated carbocycles. The van der Waals surface area contributed by atoms with E-state index in [4.69, 9.17) is 39.8 Å². The van der Waals surface area contributed by atoms with E-state index in [1.807, 2.05) is 35.2 Å². The highest BCUT2D eigenvalue weighted by Gasteiger charge is 2.21. The number of carbonyl (C=O) groups is 1. The molecule has 0 radical (unpaired) electrons. The molecule has 8 heteroatoms. The maximum atomic E-state index is 11.2. The zero-order valence-electron chi connectivity index (χ0n) is 17.2. The Hall–Kier alpha value is -1.79. The fourth-order valence-electron chi connectivity index (χ4n) is 3.18. The smallest absolute Gasteiger partial charge is 0.305 e. The van der Waals surface area contributed by atoms with Crippen molar-refractivity contribution in [1.82, 2.24) is 4.98 Å². The number of rotatable bonds is 9. The van der Waals surface area contributed by atoms with E-state index in [9.17, 15) is 9.90 Å². The van der Waals surface area contributed by atoms with Gasteiger partial charge in [-0.3, -0.25) is 4.79 Å². The lowest BCUT2D eigenvalue weighted by molar-refractivity contribution is -0.136. The molecule has 3 rings (SSSR count). The van der Waals surface area contributed by atoms with Gasteiger partial charge in [0.25, 0.3) is 0 Å². The van der Waals surface area contributed by atoms with Gasteiger partial charge in [-0.2, -0.15) is 0 Å². The highest BCUT2D eigenvalue weighted by atomic mass is 35.5. The van der Waals surface area contributed by atoms with Gasteiger partial charge in [0.2, 0.25) is 0 Å². The molecular formula is C23H23Cl3N2O2S. The quantitative estimate of drug-likeness (QED) is 0.312. The zero-order chi connectivity index (χ0) is 22.5. The van der Waals surface area contributed by atoms with E-state index in [0.29, 0.717) is 34.1 Å². The third-order valence-electron chi connectivity index (χ3n) is 4.62. The van der Waals surface area contributed by atoms with Crippen LogP contribution >= 0.6 is 46.1 Å². The SMILES string of the molecule is CC(C)Cc1sc(N(CCC(=O)O)Cc2ccccc2)nc1-c1cc(Cl)c(Cl)c(Cl)c1. The topological polar surface area (TPSA) is 53.4 Å². The van der Waals surface area contributed by atoms with Crippen molar-refractivity contribution < 1.29 is 9.90 Å². The van der Waals surface area contributed by atoms with E-state index < -0.39 is 5.97 Å². The Bertz CT molecular complexity index is 1030. The van der Waals surface area contributed by atoms with Crippen molar-refractivity contribution in [2.75, 3.05) is 11.4 Å². The Kier molecular flexibility index (Phi) is 8.23. The molecular weight excluding hydrogens is 475 g/mol. The Morgan fingerprint density at radius 2 is 1.77 bits per heavy atom. The van der Waals surface area contributed by atoms with Crippen LogP contribution in [0.15, 0.2) is 42.5 Å². The summed E-state index contributed by atoms with van der Waals surface area (Å²) in [5.74, 6) is -0.416. The molecule has 0 atom stereocenters. The molecule has 1 N–H and O–H groups in total. The average molecular weight is 498 g/mol. The van der Waals surface area contributed by atoms with Crippen LogP contribution in [0.25, 0.3) is 11.3 Å². The molecule has 0 spiro atoms. The predicted molar refractivity (Wildman–Crippen MR) is 131 cm³/mol. The second-order valence-electron chi connectivity index (χ2n) is 7.67. The summed E-state index contributed by atoms with van der Waals surface area (Å²) in [6, 6.07) is 13.5. The summed E-state index contributed by atoms with van der Waals surface area (Å²) in [5, 5.41) is 11.1. The number of carboxylic acid groups (broad SMARTS) is 1. The molecule has 164 valence electrons. The van der Waals surface area contributed by atoms with Crippen LogP contribution in [0.1, 0.15) is 30.7 Å². The molecule has 1 heterocycles. The minimum absolute atomic E-state index is 0.0276. The number of hydrogen-bond acceptors (Lipinski definition) is 4. The van der Waals surface area contributed by atoms with Gasteiger partial charge in [0.05, 0.1) is 27.2 Å². The van der Waals surface area contributed by atoms with Crippen LogP contribution in [0.5, 0.6) is 0 Å². The fourth-order valence-corrected chi connectivity index (χ4v) is 5.09. The van der Waals surface area contributed by atoms with E-state index in [1.165, 1.54) is 0 Å². The van der Waals surface area contributed by atoms with Crippen LogP contribution in [0.2, 0.25) is 15.1 Å². The lowest BCUT2D eigenvalue weighted by Crippen LogP contribution is -2.25. The first-order valence-electron chi connectivity index (χ1n) is 9.90. The first-order chi connectivity index (χ1) is 14.7. The number of aromatic nitrogens is 1. The number of thiazole rings is 1. The van der Waals surface area contributed by atoms with Crippen molar-refractivity contribution in [3.8, 4) is 11.3 Å². The number of nitrogens with zero attached hydrogens (tertiary/aromatic N) is 2. The molecule has 4 nitrogen and oxygen atoms in total. The normalized spacial score (nSPS) is 11.2. The molecule has 0 aliphatic heterocycles. The molecule has 0 amide bonds. The largest absolute Gasteiger partial charge is 0.481 e. The standard InChI is InChI=1S/C23H23Cl3N2O2S/c1-14(2)10-19-22(16-11-17(24)21(26)18(25)12-16)27-23(31-19)28(9-8-20(29)30)13-15-6-4-3-5-7-15/h3-7,11-12,14H,8-10,13H2,1-2H3,(H,29,30). The molecule has 0 saturated heterocycles. The number of carboxylic acids is 1. The summed E-state index contributed by atoms with van der Waals surface area (Å²) in [6.45, 7) is 5.24. The van der Waals surface area contributed by atoms with Crippen molar-refractivity contribution >= 4 is 57.2 Å². The maximum Gasteiger partial charge on any atom is 0.305 e. The molecule has 0 aliphatic carbocycles. The summed E-state index contributed by atoms with van der Waals surface area (Å²) in [4.78, 5) is 19.3. The van der Waals surface area contributed by atoms with Gasteiger partial charge in [0.15, 0.2) is 5.13 Å². The molecule has 1 aromatic heterocycles. The average Bonchev–Trinajstić information content (AvgIpc) is 3.12. The van der Waals surface area contributed by atoms with Gasteiger partial charge < -0.3 is 10.0 Å². The van der Waals surface area contributed by atoms with Crippen molar-refractivity contribution in [3.05, 3.63) is 68.0 Å². The van der Waals surface area contributed by atoms with Crippen molar-refractivity contribution in [2.45, 2.75) is 33.2 Å². The van der Waals surface area contributed by atoms with E-state index in [-0.39, 0.29) is 6.42 Å². The van der Waals surface area contributed by atoms with Crippen LogP contribution < -0.4 is 4.90 Å². The Morgan fingerprint density at radius 3 is 2.35 bits per heavy atom. The number of halogens is 3. The highest BCUT2D eigenvalue weighted by Crippen LogP contribution is 2.40. The van der Waals surface area contributed by atoms with Gasteiger partial charge in [-0.25, -0.2) is 4.98 Å². The fraction of sp³-hybridized carbons (Fsp3) is 0.304. The Balaban J connectivity index is 2.04. The van der Waals surface area contributed by atoms with Crippen LogP contribution in [0, 0.1) is 5.92 Å². The number of anilines is 1. The van der Waals surface area contributed by atoms with Crippen LogP contribution in [0.3, 0.4) is 0 Å². The lowest BCUT2D eigenvalue weighted by atomic mass is 10.0. The summed E-state index contributed by atoms with van der Waals surface area (Å²) >= 11 is 20.3. The van der Waals surface area contributed by atoms with Gasteiger partial charge in [-0.05, 0) is 30.0 Å². The molecule has 2 aromatic carbocycles. The van der Waals surface area contributed by atoms with Gasteiger partial charge in [-0.15, -0.1) is 11.3 Å². The van der Waals surface area contributed by atoms with Gasteiger partial charge in [0, 0.05) is 23.5 Å². The lowest BCUT2D eigenvalue weighted by Gasteiger charge is -2.21. The summed E-state index contributed by atoms with van der Waals surface area (Å²) in [5.41, 5.74) is 2.70.